The molecule has 102 valence electrons. The fraction of sp³-hybridized carbons (Fsp3) is 0.889. The van der Waals surface area contributed by atoms with Crippen molar-refractivity contribution >= 4 is 28.3 Å². The largest absolute Gasteiger partial charge is 0.341 e. The van der Waals surface area contributed by atoms with E-state index in [-0.39, 0.29) is 24.9 Å². The summed E-state index contributed by atoms with van der Waals surface area (Å²) in [7, 11) is -3.19. The number of carbonyl (C=O) groups excluding carboxylic acids is 1. The topological polar surface area (TPSA) is 92.5 Å². The Morgan fingerprint density at radius 1 is 1.41 bits per heavy atom. The molecule has 17 heavy (non-hydrogen) atoms. The summed E-state index contributed by atoms with van der Waals surface area (Å²) in [5.41, 5.74) is 5.70. The molecule has 6 nitrogen and oxygen atoms in total. The molecular formula is C9H20ClN3O3S. The maximum Gasteiger partial charge on any atom is 0.239 e. The molecule has 1 amide bonds. The summed E-state index contributed by atoms with van der Waals surface area (Å²) in [6.07, 6.45) is 3.48. The zero-order chi connectivity index (χ0) is 12.2. The second-order valence-electron chi connectivity index (χ2n) is 4.09. The molecule has 1 heterocycles. The predicted molar refractivity (Wildman–Crippen MR) is 68.5 cm³/mol. The smallest absolute Gasteiger partial charge is 0.239 e. The molecule has 0 spiro atoms. The Morgan fingerprint density at radius 2 is 1.94 bits per heavy atom. The molecule has 0 aliphatic carbocycles. The van der Waals surface area contributed by atoms with Gasteiger partial charge >= 0.3 is 0 Å². The third-order valence-corrected chi connectivity index (χ3v) is 3.28. The Balaban J connectivity index is 0.00000256. The summed E-state index contributed by atoms with van der Waals surface area (Å²) in [4.78, 5) is 13.5. The van der Waals surface area contributed by atoms with Crippen LogP contribution in [0.3, 0.4) is 0 Å². The van der Waals surface area contributed by atoms with Crippen LogP contribution < -0.4 is 10.5 Å². The van der Waals surface area contributed by atoms with Crippen LogP contribution >= 0.6 is 12.4 Å². The molecule has 0 saturated carbocycles. The van der Waals surface area contributed by atoms with E-state index >= 15 is 0 Å². The van der Waals surface area contributed by atoms with Gasteiger partial charge in [-0.3, -0.25) is 4.79 Å². The van der Waals surface area contributed by atoms with Crippen LogP contribution in [0, 0.1) is 0 Å². The van der Waals surface area contributed by atoms with Gasteiger partial charge in [-0.15, -0.1) is 12.4 Å². The van der Waals surface area contributed by atoms with Crippen molar-refractivity contribution in [2.24, 2.45) is 5.73 Å². The molecule has 1 aliphatic rings. The van der Waals surface area contributed by atoms with E-state index in [4.69, 9.17) is 5.73 Å². The standard InChI is InChI=1S/C9H19N3O3S.ClH/c1-16(14,15)11-5-4-8(10)9(13)12-6-2-3-7-12;/h8,11H,2-7,10H2,1H3;1H. The molecule has 0 bridgehead atoms. The monoisotopic (exact) mass is 285 g/mol. The second kappa shape index (κ2) is 7.15. The molecule has 1 atom stereocenters. The number of sulfonamides is 1. The highest BCUT2D eigenvalue weighted by Crippen LogP contribution is 2.09. The van der Waals surface area contributed by atoms with Crippen LogP contribution in [0.15, 0.2) is 0 Å². The zero-order valence-corrected chi connectivity index (χ0v) is 11.5. The lowest BCUT2D eigenvalue weighted by Crippen LogP contribution is -2.44. The van der Waals surface area contributed by atoms with E-state index < -0.39 is 16.1 Å². The minimum absolute atomic E-state index is 0. The summed E-state index contributed by atoms with van der Waals surface area (Å²) in [6, 6.07) is -0.604. The van der Waals surface area contributed by atoms with Crippen LogP contribution in [0.1, 0.15) is 19.3 Å². The number of hydrogen-bond acceptors (Lipinski definition) is 4. The van der Waals surface area contributed by atoms with Crippen molar-refractivity contribution in [3.63, 3.8) is 0 Å². The van der Waals surface area contributed by atoms with Gasteiger partial charge in [-0.05, 0) is 19.3 Å². The molecule has 0 radical (unpaired) electrons. The molecule has 8 heteroatoms. The number of likely N-dealkylation sites (tertiary alicyclic amines) is 1. The highest BCUT2D eigenvalue weighted by Gasteiger charge is 2.23. The number of carbonyl (C=O) groups is 1. The Kier molecular flexibility index (Phi) is 6.99. The van der Waals surface area contributed by atoms with Crippen molar-refractivity contribution in [3.05, 3.63) is 0 Å². The van der Waals surface area contributed by atoms with Gasteiger partial charge in [-0.25, -0.2) is 13.1 Å². The Morgan fingerprint density at radius 3 is 2.41 bits per heavy atom. The molecule has 0 aromatic carbocycles. The molecule has 0 aromatic heterocycles. The summed E-state index contributed by atoms with van der Waals surface area (Å²) < 4.78 is 23.9. The molecule has 1 fully saturated rings. The van der Waals surface area contributed by atoms with Gasteiger partial charge in [0.1, 0.15) is 0 Å². The average Bonchev–Trinajstić information content (AvgIpc) is 2.67. The van der Waals surface area contributed by atoms with Crippen molar-refractivity contribution < 1.29 is 13.2 Å². The van der Waals surface area contributed by atoms with Crippen molar-refractivity contribution in [3.8, 4) is 0 Å². The van der Waals surface area contributed by atoms with Crippen LogP contribution in [0.5, 0.6) is 0 Å². The summed E-state index contributed by atoms with van der Waals surface area (Å²) in [6.45, 7) is 1.75. The molecule has 1 saturated heterocycles. The van der Waals surface area contributed by atoms with Gasteiger partial charge in [0, 0.05) is 19.6 Å². The maximum absolute atomic E-state index is 11.7. The molecular weight excluding hydrogens is 266 g/mol. The first-order valence-electron chi connectivity index (χ1n) is 5.39. The molecule has 1 unspecified atom stereocenters. The number of halogens is 1. The molecule has 3 N–H and O–H groups in total. The summed E-state index contributed by atoms with van der Waals surface area (Å²) in [5, 5.41) is 0. The predicted octanol–water partition coefficient (Wildman–Crippen LogP) is -0.703. The van der Waals surface area contributed by atoms with Gasteiger partial charge < -0.3 is 10.6 Å². The first-order valence-corrected chi connectivity index (χ1v) is 7.28. The van der Waals surface area contributed by atoms with Crippen molar-refractivity contribution in [2.45, 2.75) is 25.3 Å². The third kappa shape index (κ3) is 6.21. The summed E-state index contributed by atoms with van der Waals surface area (Å²) in [5.74, 6) is -0.0761. The number of nitrogens with two attached hydrogens (primary N) is 1. The number of nitrogens with zero attached hydrogens (tertiary/aromatic N) is 1. The first kappa shape index (κ1) is 16.6. The minimum Gasteiger partial charge on any atom is -0.341 e. The minimum atomic E-state index is -3.19. The normalized spacial score (nSPS) is 17.6. The zero-order valence-electron chi connectivity index (χ0n) is 9.89. The Hall–Kier alpha value is -0.370. The van der Waals surface area contributed by atoms with Crippen LogP contribution in [-0.4, -0.2) is 51.2 Å². The average molecular weight is 286 g/mol. The van der Waals surface area contributed by atoms with Gasteiger partial charge in [-0.2, -0.15) is 0 Å². The van der Waals surface area contributed by atoms with Crippen LogP contribution in [0.2, 0.25) is 0 Å². The van der Waals surface area contributed by atoms with E-state index in [1.54, 1.807) is 4.90 Å². The van der Waals surface area contributed by atoms with Crippen LogP contribution in [-0.2, 0) is 14.8 Å². The highest BCUT2D eigenvalue weighted by molar-refractivity contribution is 7.88. The van der Waals surface area contributed by atoms with Gasteiger partial charge in [0.05, 0.1) is 12.3 Å². The van der Waals surface area contributed by atoms with Gasteiger partial charge in [-0.1, -0.05) is 0 Å². The lowest BCUT2D eigenvalue weighted by molar-refractivity contribution is -0.131. The Labute approximate surface area is 108 Å². The van der Waals surface area contributed by atoms with Crippen molar-refractivity contribution in [1.82, 2.24) is 9.62 Å². The van der Waals surface area contributed by atoms with Gasteiger partial charge in [0.25, 0.3) is 0 Å². The van der Waals surface area contributed by atoms with Gasteiger partial charge in [0.15, 0.2) is 0 Å². The third-order valence-electron chi connectivity index (χ3n) is 2.55. The van der Waals surface area contributed by atoms with E-state index in [1.807, 2.05) is 0 Å². The lowest BCUT2D eigenvalue weighted by Gasteiger charge is -2.20. The van der Waals surface area contributed by atoms with E-state index in [9.17, 15) is 13.2 Å². The van der Waals surface area contributed by atoms with Gasteiger partial charge in [0.2, 0.25) is 15.9 Å². The fourth-order valence-electron chi connectivity index (χ4n) is 1.70. The van der Waals surface area contributed by atoms with E-state index in [0.717, 1.165) is 32.2 Å². The SMILES string of the molecule is CS(=O)(=O)NCCC(N)C(=O)N1CCCC1.Cl. The van der Waals surface area contributed by atoms with E-state index in [2.05, 4.69) is 4.72 Å². The fourth-order valence-corrected chi connectivity index (χ4v) is 2.18. The highest BCUT2D eigenvalue weighted by atomic mass is 35.5. The quantitative estimate of drug-likeness (QED) is 0.698. The van der Waals surface area contributed by atoms with Crippen LogP contribution in [0.25, 0.3) is 0 Å². The van der Waals surface area contributed by atoms with Crippen LogP contribution in [0.4, 0.5) is 0 Å². The van der Waals surface area contributed by atoms with E-state index in [1.165, 1.54) is 0 Å². The van der Waals surface area contributed by atoms with Crippen molar-refractivity contribution in [2.75, 3.05) is 25.9 Å². The number of nitrogens with one attached hydrogen (secondary N) is 1. The second-order valence-corrected chi connectivity index (χ2v) is 5.93. The maximum atomic E-state index is 11.7. The first-order chi connectivity index (χ1) is 7.40. The number of amides is 1. The Bertz CT molecular complexity index is 341. The number of rotatable bonds is 5. The molecule has 1 aliphatic heterocycles. The van der Waals surface area contributed by atoms with E-state index in [0.29, 0.717) is 6.42 Å². The molecule has 1 rings (SSSR count). The van der Waals surface area contributed by atoms with Crippen molar-refractivity contribution in [1.29, 1.82) is 0 Å². The summed E-state index contributed by atoms with van der Waals surface area (Å²) >= 11 is 0. The lowest BCUT2D eigenvalue weighted by atomic mass is 10.2. The number of hydrogen-bond donors (Lipinski definition) is 2. The molecule has 0 aromatic rings.